The minimum atomic E-state index is -0.337. The van der Waals surface area contributed by atoms with Gasteiger partial charge in [-0.2, -0.15) is 0 Å². The fourth-order valence-electron chi connectivity index (χ4n) is 7.44. The molecule has 0 bridgehead atoms. The zero-order chi connectivity index (χ0) is 40.5. The number of allylic oxidation sites excluding steroid dienone is 2. The SMILES string of the molecule is CCC(C)(CC)C(=O)/C=C(\O)C(C)(CC)CC.Cc1sc2ccc(CC(C)C)cc2c1-c1oc2ccnc(-c3[c-]c4ccccc4c(C(C)(C)C)c3)c2c1C.[Ir]. The summed E-state index contributed by atoms with van der Waals surface area (Å²) in [4.78, 5) is 18.4. The first-order chi connectivity index (χ1) is 25.9. The van der Waals surface area contributed by atoms with Crippen molar-refractivity contribution in [3.05, 3.63) is 100 Å². The third kappa shape index (κ3) is 9.09. The number of aryl methyl sites for hydroxylation is 2. The smallest absolute Gasteiger partial charge is 0.164 e. The van der Waals surface area contributed by atoms with Gasteiger partial charge in [0.05, 0.1) is 0 Å². The third-order valence-corrected chi connectivity index (χ3v) is 13.2. The van der Waals surface area contributed by atoms with E-state index in [0.29, 0.717) is 5.92 Å². The summed E-state index contributed by atoms with van der Waals surface area (Å²) < 4.78 is 7.96. The van der Waals surface area contributed by atoms with Crippen LogP contribution < -0.4 is 0 Å². The predicted molar refractivity (Wildman–Crippen MR) is 236 cm³/mol. The van der Waals surface area contributed by atoms with Crippen LogP contribution in [-0.4, -0.2) is 15.9 Å². The number of fused-ring (bicyclic) bond motifs is 3. The first-order valence-corrected chi connectivity index (χ1v) is 21.0. The molecule has 3 aromatic heterocycles. The van der Waals surface area contributed by atoms with Crippen molar-refractivity contribution in [3.63, 3.8) is 0 Å². The van der Waals surface area contributed by atoms with E-state index in [0.717, 1.165) is 71.0 Å². The number of aliphatic hydroxyl groups excluding tert-OH is 1. The van der Waals surface area contributed by atoms with Crippen molar-refractivity contribution in [2.45, 2.75) is 128 Å². The van der Waals surface area contributed by atoms with Crippen LogP contribution in [0.15, 0.2) is 77.0 Å². The predicted octanol–water partition coefficient (Wildman–Crippen LogP) is 15.1. The molecule has 4 nitrogen and oxygen atoms in total. The number of hydrogen-bond donors (Lipinski definition) is 1. The van der Waals surface area contributed by atoms with Crippen molar-refractivity contribution in [1.29, 1.82) is 0 Å². The second-order valence-corrected chi connectivity index (χ2v) is 18.6. The minimum absolute atomic E-state index is 0. The van der Waals surface area contributed by atoms with E-state index in [1.54, 1.807) is 0 Å². The molecule has 0 fully saturated rings. The standard InChI is InChI=1S/C35H34NOS.C15H28O2.Ir/c1-20(2)16-23-12-13-30-27(17-23)32(22(4)38-30)34-21(3)31-29(37-34)14-15-36-33(31)25-18-24-10-8-9-11-26(24)28(19-25)35(5,6)7;1-7-14(5,8-2)12(16)11-13(17)15(6,9-3)10-4;/h8-15,17,19-20H,16H2,1-7H3;11,16H,7-10H2,1-6H3;/q-1;;/b;12-11-;. The van der Waals surface area contributed by atoms with Crippen molar-refractivity contribution in [2.75, 3.05) is 0 Å². The summed E-state index contributed by atoms with van der Waals surface area (Å²) in [6.45, 7) is 27.8. The molecule has 0 aliphatic heterocycles. The third-order valence-electron chi connectivity index (χ3n) is 12.1. The van der Waals surface area contributed by atoms with Crippen LogP contribution in [0, 0.1) is 36.7 Å². The summed E-state index contributed by atoms with van der Waals surface area (Å²) in [5.74, 6) is 1.86. The van der Waals surface area contributed by atoms with Crippen LogP contribution in [0.2, 0.25) is 0 Å². The molecule has 6 aromatic rings. The summed E-state index contributed by atoms with van der Waals surface area (Å²) >= 11 is 1.84. The van der Waals surface area contributed by atoms with Crippen molar-refractivity contribution in [3.8, 4) is 22.6 Å². The number of benzene rings is 3. The quantitative estimate of drug-likeness (QED) is 0.0798. The van der Waals surface area contributed by atoms with E-state index in [4.69, 9.17) is 9.40 Å². The number of aromatic nitrogens is 1. The number of pyridine rings is 1. The minimum Gasteiger partial charge on any atom is -0.512 e. The molecule has 0 unspecified atom stereocenters. The van der Waals surface area contributed by atoms with Gasteiger partial charge in [-0.3, -0.25) is 9.78 Å². The van der Waals surface area contributed by atoms with Gasteiger partial charge < -0.3 is 9.52 Å². The van der Waals surface area contributed by atoms with Gasteiger partial charge in [-0.15, -0.1) is 40.5 Å². The summed E-state index contributed by atoms with van der Waals surface area (Å²) in [5.41, 5.74) is 7.25. The molecule has 3 heterocycles. The Morgan fingerprint density at radius 1 is 0.893 bits per heavy atom. The number of aliphatic hydroxyl groups is 1. The van der Waals surface area contributed by atoms with Gasteiger partial charge >= 0.3 is 0 Å². The second kappa shape index (κ2) is 17.9. The van der Waals surface area contributed by atoms with Crippen LogP contribution in [0.5, 0.6) is 0 Å². The zero-order valence-electron chi connectivity index (χ0n) is 35.9. The maximum Gasteiger partial charge on any atom is 0.164 e. The summed E-state index contributed by atoms with van der Waals surface area (Å²) in [5, 5.41) is 14.9. The van der Waals surface area contributed by atoms with Crippen molar-refractivity contribution in [1.82, 2.24) is 4.98 Å². The van der Waals surface area contributed by atoms with Gasteiger partial charge in [0.25, 0.3) is 0 Å². The Morgan fingerprint density at radius 2 is 1.54 bits per heavy atom. The van der Waals surface area contributed by atoms with E-state index in [-0.39, 0.29) is 47.9 Å². The van der Waals surface area contributed by atoms with Gasteiger partial charge in [0.1, 0.15) is 17.1 Å². The zero-order valence-corrected chi connectivity index (χ0v) is 39.1. The Morgan fingerprint density at radius 3 is 2.14 bits per heavy atom. The average Bonchev–Trinajstić information content (AvgIpc) is 3.67. The fraction of sp³-hybridized carbons (Fsp3) is 0.440. The first kappa shape index (κ1) is 45.1. The van der Waals surface area contributed by atoms with Gasteiger partial charge in [0, 0.05) is 74.8 Å². The van der Waals surface area contributed by atoms with E-state index in [2.05, 4.69) is 103 Å². The van der Waals surface area contributed by atoms with E-state index < -0.39 is 0 Å². The summed E-state index contributed by atoms with van der Waals surface area (Å²) in [6.07, 6.45) is 7.69. The van der Waals surface area contributed by atoms with Gasteiger partial charge in [-0.25, -0.2) is 0 Å². The topological polar surface area (TPSA) is 63.3 Å². The van der Waals surface area contributed by atoms with Gasteiger partial charge in [-0.1, -0.05) is 111 Å². The molecule has 0 saturated carbocycles. The van der Waals surface area contributed by atoms with E-state index in [1.165, 1.54) is 43.1 Å². The molecule has 3 aromatic carbocycles. The molecule has 0 aliphatic rings. The number of hydrogen-bond acceptors (Lipinski definition) is 5. The molecular weight excluding hydrogens is 887 g/mol. The molecule has 6 heteroatoms. The Hall–Kier alpha value is -3.57. The van der Waals surface area contributed by atoms with E-state index in [1.807, 2.05) is 65.1 Å². The average molecular weight is 949 g/mol. The molecule has 0 saturated heterocycles. The monoisotopic (exact) mass is 949 g/mol. The second-order valence-electron chi connectivity index (χ2n) is 17.4. The molecule has 0 amide bonds. The largest absolute Gasteiger partial charge is 0.512 e. The number of furan rings is 1. The molecule has 301 valence electrons. The summed E-state index contributed by atoms with van der Waals surface area (Å²) in [7, 11) is 0. The van der Waals surface area contributed by atoms with Crippen LogP contribution >= 0.6 is 11.3 Å². The number of nitrogens with zero attached hydrogens (tertiary/aromatic N) is 1. The number of thiophene rings is 1. The number of rotatable bonds is 11. The molecule has 1 radical (unpaired) electrons. The molecule has 6 rings (SSSR count). The number of ketones is 1. The molecule has 0 atom stereocenters. The van der Waals surface area contributed by atoms with Crippen molar-refractivity contribution >= 4 is 48.9 Å². The fourth-order valence-corrected chi connectivity index (χ4v) is 8.49. The number of carbonyl (C=O) groups is 1. The summed E-state index contributed by atoms with van der Waals surface area (Å²) in [6, 6.07) is 23.4. The van der Waals surface area contributed by atoms with Gasteiger partial charge in [0.15, 0.2) is 5.78 Å². The Balaban J connectivity index is 0.000000330. The van der Waals surface area contributed by atoms with Crippen molar-refractivity contribution < 1.29 is 34.4 Å². The maximum atomic E-state index is 12.2. The molecule has 0 aliphatic carbocycles. The van der Waals surface area contributed by atoms with Crippen LogP contribution in [0.4, 0.5) is 0 Å². The van der Waals surface area contributed by atoms with Crippen LogP contribution in [-0.2, 0) is 36.7 Å². The maximum absolute atomic E-state index is 12.2. The van der Waals surface area contributed by atoms with Gasteiger partial charge in [0.2, 0.25) is 0 Å². The molecule has 0 spiro atoms. The number of carbonyl (C=O) groups excluding carboxylic acids is 1. The molecule has 1 N–H and O–H groups in total. The van der Waals surface area contributed by atoms with Crippen molar-refractivity contribution in [2.24, 2.45) is 16.7 Å². The van der Waals surface area contributed by atoms with E-state index >= 15 is 0 Å². The molecule has 56 heavy (non-hydrogen) atoms. The van der Waals surface area contributed by atoms with Crippen LogP contribution in [0.25, 0.3) is 54.4 Å². The Labute approximate surface area is 353 Å². The first-order valence-electron chi connectivity index (χ1n) is 20.2. The van der Waals surface area contributed by atoms with Gasteiger partial charge in [-0.05, 0) is 86.6 Å². The van der Waals surface area contributed by atoms with Crippen LogP contribution in [0.3, 0.4) is 0 Å². The normalized spacial score (nSPS) is 12.6. The van der Waals surface area contributed by atoms with E-state index in [9.17, 15) is 9.90 Å². The Kier molecular flexibility index (Phi) is 14.4. The Bertz CT molecular complexity index is 2340. The van der Waals surface area contributed by atoms with Crippen LogP contribution in [0.1, 0.15) is 123 Å². The molecular formula is C50H62IrNO3S-.